The lowest BCUT2D eigenvalue weighted by Gasteiger charge is -2.39. The molecule has 0 heteroatoms. The van der Waals surface area contributed by atoms with E-state index in [1.165, 1.54) is 49.7 Å². The minimum Gasteiger partial charge on any atom is -0.0617 e. The second-order valence-electron chi connectivity index (χ2n) is 8.58. The van der Waals surface area contributed by atoms with Crippen molar-refractivity contribution in [3.63, 3.8) is 0 Å². The summed E-state index contributed by atoms with van der Waals surface area (Å²) in [6.07, 6.45) is 0. The molecule has 0 saturated carbocycles. The predicted molar refractivity (Wildman–Crippen MR) is 103 cm³/mol. The van der Waals surface area contributed by atoms with Crippen LogP contribution in [0.1, 0.15) is 73.9 Å². The van der Waals surface area contributed by atoms with Gasteiger partial charge in [-0.05, 0) is 96.7 Å². The fourth-order valence-electron chi connectivity index (χ4n) is 4.79. The van der Waals surface area contributed by atoms with E-state index >= 15 is 0 Å². The molecule has 1 aliphatic rings. The van der Waals surface area contributed by atoms with Gasteiger partial charge in [-0.1, -0.05) is 38.5 Å². The van der Waals surface area contributed by atoms with E-state index in [4.69, 9.17) is 0 Å². The zero-order valence-electron chi connectivity index (χ0n) is 16.2. The fraction of sp³-hybridized carbons (Fsp3) is 0.478. The van der Waals surface area contributed by atoms with Crippen LogP contribution < -0.4 is 0 Å². The molecule has 0 fully saturated rings. The molecule has 1 atom stereocenters. The molecule has 0 nitrogen and oxygen atoms in total. The number of benzene rings is 2. The molecule has 2 aromatic carbocycles. The summed E-state index contributed by atoms with van der Waals surface area (Å²) in [7, 11) is 0. The van der Waals surface area contributed by atoms with Crippen molar-refractivity contribution in [2.24, 2.45) is 5.41 Å². The van der Waals surface area contributed by atoms with Gasteiger partial charge >= 0.3 is 0 Å². The second kappa shape index (κ2) is 4.97. The summed E-state index contributed by atoms with van der Waals surface area (Å²) in [5.74, 6) is 0.500. The van der Waals surface area contributed by atoms with Crippen molar-refractivity contribution in [3.05, 3.63) is 51.1 Å². The zero-order chi connectivity index (χ0) is 17.3. The highest BCUT2D eigenvalue weighted by atomic mass is 14.4. The molecule has 0 spiro atoms. The van der Waals surface area contributed by atoms with E-state index in [0.717, 1.165) is 0 Å². The van der Waals surface area contributed by atoms with Crippen molar-refractivity contribution < 1.29 is 0 Å². The molecule has 122 valence electrons. The molecular weight excluding hydrogens is 276 g/mol. The van der Waals surface area contributed by atoms with E-state index in [1.807, 2.05) is 0 Å². The Bertz CT molecular complexity index is 854. The Morgan fingerprint density at radius 1 is 0.739 bits per heavy atom. The normalized spacial score (nSPS) is 18.0. The van der Waals surface area contributed by atoms with Crippen molar-refractivity contribution in [2.75, 3.05) is 0 Å². The maximum absolute atomic E-state index is 2.39. The van der Waals surface area contributed by atoms with Crippen LogP contribution in [0, 0.1) is 33.1 Å². The van der Waals surface area contributed by atoms with Gasteiger partial charge in [0.2, 0.25) is 0 Å². The van der Waals surface area contributed by atoms with Gasteiger partial charge in [0.15, 0.2) is 0 Å². The molecule has 3 rings (SSSR count). The van der Waals surface area contributed by atoms with Crippen LogP contribution in [-0.4, -0.2) is 0 Å². The maximum atomic E-state index is 2.39. The lowest BCUT2D eigenvalue weighted by Crippen LogP contribution is -2.23. The molecule has 0 radical (unpaired) electrons. The Morgan fingerprint density at radius 3 is 1.91 bits per heavy atom. The molecular formula is C23H30. The van der Waals surface area contributed by atoms with E-state index in [1.54, 1.807) is 5.57 Å². The summed E-state index contributed by atoms with van der Waals surface area (Å²) < 4.78 is 0. The summed E-state index contributed by atoms with van der Waals surface area (Å²) in [6.45, 7) is 20.9. The number of rotatable bonds is 0. The highest BCUT2D eigenvalue weighted by Crippen LogP contribution is 2.52. The molecule has 0 heterocycles. The summed E-state index contributed by atoms with van der Waals surface area (Å²) in [5.41, 5.74) is 12.1. The van der Waals surface area contributed by atoms with Gasteiger partial charge in [0.05, 0.1) is 0 Å². The van der Waals surface area contributed by atoms with E-state index in [9.17, 15) is 0 Å². The van der Waals surface area contributed by atoms with E-state index in [0.29, 0.717) is 5.92 Å². The Hall–Kier alpha value is -1.56. The molecule has 0 N–H and O–H groups in total. The van der Waals surface area contributed by atoms with Crippen molar-refractivity contribution in [2.45, 2.75) is 68.2 Å². The van der Waals surface area contributed by atoms with E-state index < -0.39 is 0 Å². The van der Waals surface area contributed by atoms with Crippen LogP contribution in [0.25, 0.3) is 16.3 Å². The first-order valence-electron chi connectivity index (χ1n) is 8.78. The highest BCUT2D eigenvalue weighted by molar-refractivity contribution is 6.04. The monoisotopic (exact) mass is 306 g/mol. The molecule has 2 aromatic rings. The third-order valence-electron chi connectivity index (χ3n) is 6.15. The second-order valence-corrected chi connectivity index (χ2v) is 8.58. The van der Waals surface area contributed by atoms with Gasteiger partial charge in [-0.15, -0.1) is 0 Å². The zero-order valence-corrected chi connectivity index (χ0v) is 16.2. The van der Waals surface area contributed by atoms with Crippen molar-refractivity contribution >= 4 is 16.3 Å². The molecule has 1 unspecified atom stereocenters. The third-order valence-corrected chi connectivity index (χ3v) is 6.15. The third kappa shape index (κ3) is 2.11. The van der Waals surface area contributed by atoms with Gasteiger partial charge < -0.3 is 0 Å². The highest BCUT2D eigenvalue weighted by Gasteiger charge is 2.35. The first kappa shape index (κ1) is 16.3. The molecule has 0 aliphatic heterocycles. The van der Waals surface area contributed by atoms with Crippen molar-refractivity contribution in [1.82, 2.24) is 0 Å². The average molecular weight is 306 g/mol. The van der Waals surface area contributed by atoms with Gasteiger partial charge in [-0.2, -0.15) is 0 Å². The largest absolute Gasteiger partial charge is 0.0617 e. The summed E-state index contributed by atoms with van der Waals surface area (Å²) >= 11 is 0. The Labute approximate surface area is 141 Å². The van der Waals surface area contributed by atoms with Crippen molar-refractivity contribution in [3.8, 4) is 0 Å². The molecule has 1 aliphatic carbocycles. The Morgan fingerprint density at radius 2 is 1.35 bits per heavy atom. The minimum atomic E-state index is 0.234. The van der Waals surface area contributed by atoms with E-state index in [-0.39, 0.29) is 5.41 Å². The smallest absolute Gasteiger partial charge is 0.0106 e. The Balaban J connectivity index is 2.61. The molecule has 0 saturated heterocycles. The number of hydrogen-bond acceptors (Lipinski definition) is 0. The van der Waals surface area contributed by atoms with Gasteiger partial charge in [0.25, 0.3) is 0 Å². The standard InChI is InChI=1S/C23H30/c1-12-10-11-18-21-19(12)14(3)13(2)15(4)20(21)16(5)17(6)22(18)23(7,8)9/h10-11,22H,1-9H3. The molecule has 23 heavy (non-hydrogen) atoms. The summed E-state index contributed by atoms with van der Waals surface area (Å²) in [5, 5.41) is 3.01. The topological polar surface area (TPSA) is 0 Å². The Kier molecular flexibility index (Phi) is 3.52. The lowest BCUT2D eigenvalue weighted by atomic mass is 9.65. The van der Waals surface area contributed by atoms with Crippen LogP contribution in [0.15, 0.2) is 17.7 Å². The van der Waals surface area contributed by atoms with Gasteiger partial charge in [-0.3, -0.25) is 0 Å². The first-order valence-corrected chi connectivity index (χ1v) is 8.78. The quantitative estimate of drug-likeness (QED) is 0.491. The van der Waals surface area contributed by atoms with Crippen LogP contribution in [0.2, 0.25) is 0 Å². The molecule has 0 amide bonds. The number of allylic oxidation sites excluding steroid dienone is 2. The van der Waals surface area contributed by atoms with E-state index in [2.05, 4.69) is 74.4 Å². The number of hydrogen-bond donors (Lipinski definition) is 0. The average Bonchev–Trinajstić information content (AvgIpc) is 2.44. The predicted octanol–water partition coefficient (Wildman–Crippen LogP) is 7.01. The SMILES string of the molecule is CC1=C(C)C(C(C)(C)C)c2ccc(C)c3c(C)c(C)c(C)c1c23. The first-order chi connectivity index (χ1) is 10.6. The number of aryl methyl sites for hydroxylation is 2. The fourth-order valence-corrected chi connectivity index (χ4v) is 4.79. The maximum Gasteiger partial charge on any atom is 0.0106 e. The summed E-state index contributed by atoms with van der Waals surface area (Å²) in [4.78, 5) is 0. The molecule has 0 aromatic heterocycles. The van der Waals surface area contributed by atoms with Gasteiger partial charge in [0, 0.05) is 5.92 Å². The van der Waals surface area contributed by atoms with Gasteiger partial charge in [0.1, 0.15) is 0 Å². The summed E-state index contributed by atoms with van der Waals surface area (Å²) in [6, 6.07) is 4.72. The van der Waals surface area contributed by atoms with Crippen LogP contribution in [0.4, 0.5) is 0 Å². The van der Waals surface area contributed by atoms with Gasteiger partial charge in [-0.25, -0.2) is 0 Å². The van der Waals surface area contributed by atoms with Crippen molar-refractivity contribution in [1.29, 1.82) is 0 Å². The van der Waals surface area contributed by atoms with Crippen LogP contribution in [0.5, 0.6) is 0 Å². The van der Waals surface area contributed by atoms with Crippen LogP contribution >= 0.6 is 0 Å². The van der Waals surface area contributed by atoms with Crippen LogP contribution in [-0.2, 0) is 0 Å². The van der Waals surface area contributed by atoms with Crippen LogP contribution in [0.3, 0.4) is 0 Å². The minimum absolute atomic E-state index is 0.234. The lowest BCUT2D eigenvalue weighted by molar-refractivity contribution is 0.355. The molecule has 0 bridgehead atoms.